The number of aryl methyl sites for hydroxylation is 1. The highest BCUT2D eigenvalue weighted by molar-refractivity contribution is 6.12. The van der Waals surface area contributed by atoms with Gasteiger partial charge in [0.1, 0.15) is 0 Å². The molecule has 1 aliphatic rings. The van der Waals surface area contributed by atoms with E-state index >= 15 is 0 Å². The van der Waals surface area contributed by atoms with Gasteiger partial charge in [-0.2, -0.15) is 0 Å². The summed E-state index contributed by atoms with van der Waals surface area (Å²) in [6.45, 7) is 1.95. The van der Waals surface area contributed by atoms with Gasteiger partial charge in [-0.25, -0.2) is 14.6 Å². The quantitative estimate of drug-likeness (QED) is 0.357. The maximum Gasteiger partial charge on any atom is 0.363 e. The van der Waals surface area contributed by atoms with Crippen molar-refractivity contribution in [3.8, 4) is 11.5 Å². The van der Waals surface area contributed by atoms with E-state index in [0.29, 0.717) is 16.9 Å². The summed E-state index contributed by atoms with van der Waals surface area (Å²) in [7, 11) is 1.47. The van der Waals surface area contributed by atoms with Crippen molar-refractivity contribution in [1.82, 2.24) is 4.98 Å². The standard InChI is InChI=1S/C24H18N2O5/c1-15-4-3-5-18(12-15)22-26-19(24(28)31-22)13-16-6-7-20(21(14-16)29-2)30-23(27)17-8-10-25-11-9-17/h3-14H,1-2H3/b19-13-. The van der Waals surface area contributed by atoms with Crippen molar-refractivity contribution < 1.29 is 23.8 Å². The van der Waals surface area contributed by atoms with Crippen LogP contribution in [-0.2, 0) is 9.53 Å². The highest BCUT2D eigenvalue weighted by Crippen LogP contribution is 2.30. The molecule has 1 aliphatic heterocycles. The van der Waals surface area contributed by atoms with Gasteiger partial charge in [0.25, 0.3) is 0 Å². The van der Waals surface area contributed by atoms with E-state index in [1.54, 1.807) is 36.4 Å². The Balaban J connectivity index is 1.58. The van der Waals surface area contributed by atoms with Crippen molar-refractivity contribution in [2.75, 3.05) is 7.11 Å². The van der Waals surface area contributed by atoms with Crippen LogP contribution in [0.4, 0.5) is 0 Å². The van der Waals surface area contributed by atoms with E-state index in [0.717, 1.165) is 11.1 Å². The average molecular weight is 414 g/mol. The highest BCUT2D eigenvalue weighted by Gasteiger charge is 2.24. The minimum absolute atomic E-state index is 0.167. The molecule has 154 valence electrons. The number of carbonyl (C=O) groups is 2. The lowest BCUT2D eigenvalue weighted by Gasteiger charge is -2.10. The Morgan fingerprint density at radius 3 is 2.58 bits per heavy atom. The molecule has 31 heavy (non-hydrogen) atoms. The molecule has 3 aromatic rings. The van der Waals surface area contributed by atoms with Gasteiger partial charge in [0.05, 0.1) is 12.7 Å². The van der Waals surface area contributed by atoms with Crippen LogP contribution in [0, 0.1) is 6.92 Å². The van der Waals surface area contributed by atoms with E-state index in [1.165, 1.54) is 19.5 Å². The Bertz CT molecular complexity index is 1220. The first-order chi connectivity index (χ1) is 15.0. The van der Waals surface area contributed by atoms with Crippen LogP contribution in [0.15, 0.2) is 77.7 Å². The first kappa shape index (κ1) is 20.0. The highest BCUT2D eigenvalue weighted by atomic mass is 16.6. The number of methoxy groups -OCH3 is 1. The summed E-state index contributed by atoms with van der Waals surface area (Å²) >= 11 is 0. The maximum atomic E-state index is 12.3. The van der Waals surface area contributed by atoms with Crippen LogP contribution >= 0.6 is 0 Å². The molecule has 4 rings (SSSR count). The smallest absolute Gasteiger partial charge is 0.363 e. The number of rotatable bonds is 5. The molecule has 0 N–H and O–H groups in total. The van der Waals surface area contributed by atoms with Crippen molar-refractivity contribution in [2.24, 2.45) is 4.99 Å². The van der Waals surface area contributed by atoms with Gasteiger partial charge < -0.3 is 14.2 Å². The van der Waals surface area contributed by atoms with Crippen LogP contribution in [0.25, 0.3) is 6.08 Å². The maximum absolute atomic E-state index is 12.3. The third-order valence-corrected chi connectivity index (χ3v) is 4.50. The molecule has 0 saturated carbocycles. The summed E-state index contributed by atoms with van der Waals surface area (Å²) in [5.41, 5.74) is 2.94. The number of esters is 2. The largest absolute Gasteiger partial charge is 0.493 e. The Labute approximate surface area is 178 Å². The molecule has 0 atom stereocenters. The van der Waals surface area contributed by atoms with E-state index in [9.17, 15) is 9.59 Å². The van der Waals surface area contributed by atoms with E-state index < -0.39 is 11.9 Å². The molecule has 0 bridgehead atoms. The Kier molecular flexibility index (Phi) is 5.57. The van der Waals surface area contributed by atoms with Gasteiger partial charge in [-0.15, -0.1) is 0 Å². The number of pyridine rings is 1. The zero-order valence-electron chi connectivity index (χ0n) is 16.9. The molecule has 0 aliphatic carbocycles. The number of hydrogen-bond donors (Lipinski definition) is 0. The lowest BCUT2D eigenvalue weighted by atomic mass is 10.1. The number of aromatic nitrogens is 1. The molecule has 2 heterocycles. The molecule has 7 heteroatoms. The van der Waals surface area contributed by atoms with Gasteiger partial charge in [0.15, 0.2) is 17.2 Å². The van der Waals surface area contributed by atoms with Gasteiger partial charge in [-0.3, -0.25) is 4.98 Å². The van der Waals surface area contributed by atoms with Crippen LogP contribution in [0.5, 0.6) is 11.5 Å². The zero-order valence-corrected chi connectivity index (χ0v) is 16.9. The first-order valence-electron chi connectivity index (χ1n) is 9.43. The Morgan fingerprint density at radius 1 is 1.03 bits per heavy atom. The van der Waals surface area contributed by atoms with Crippen LogP contribution in [-0.4, -0.2) is 29.9 Å². The van der Waals surface area contributed by atoms with E-state index in [2.05, 4.69) is 9.98 Å². The summed E-state index contributed by atoms with van der Waals surface area (Å²) in [5, 5.41) is 0. The number of cyclic esters (lactones) is 1. The molecule has 2 aromatic carbocycles. The molecular formula is C24H18N2O5. The van der Waals surface area contributed by atoms with E-state index in [4.69, 9.17) is 14.2 Å². The Morgan fingerprint density at radius 2 is 1.84 bits per heavy atom. The van der Waals surface area contributed by atoms with Crippen LogP contribution < -0.4 is 9.47 Å². The number of benzene rings is 2. The van der Waals surface area contributed by atoms with Crippen LogP contribution in [0.2, 0.25) is 0 Å². The van der Waals surface area contributed by atoms with Crippen LogP contribution in [0.1, 0.15) is 27.0 Å². The third-order valence-electron chi connectivity index (χ3n) is 4.50. The van der Waals surface area contributed by atoms with Crippen molar-refractivity contribution in [3.63, 3.8) is 0 Å². The molecule has 0 amide bonds. The lowest BCUT2D eigenvalue weighted by molar-refractivity contribution is -0.129. The predicted octanol–water partition coefficient (Wildman–Crippen LogP) is 3.96. The van der Waals surface area contributed by atoms with Gasteiger partial charge in [0.2, 0.25) is 5.90 Å². The van der Waals surface area contributed by atoms with Gasteiger partial charge in [-0.05, 0) is 55.0 Å². The summed E-state index contributed by atoms with van der Waals surface area (Å²) in [6.07, 6.45) is 4.60. The molecule has 0 spiro atoms. The van der Waals surface area contributed by atoms with Gasteiger partial charge >= 0.3 is 11.9 Å². The van der Waals surface area contributed by atoms with E-state index in [-0.39, 0.29) is 17.3 Å². The van der Waals surface area contributed by atoms with Crippen molar-refractivity contribution >= 4 is 23.9 Å². The first-order valence-corrected chi connectivity index (χ1v) is 9.43. The van der Waals surface area contributed by atoms with Gasteiger partial charge in [0, 0.05) is 18.0 Å². The van der Waals surface area contributed by atoms with Crippen molar-refractivity contribution in [1.29, 1.82) is 0 Å². The number of hydrogen-bond acceptors (Lipinski definition) is 7. The van der Waals surface area contributed by atoms with Crippen LogP contribution in [0.3, 0.4) is 0 Å². The SMILES string of the molecule is COc1cc(/C=C2\N=C(c3cccc(C)c3)OC2=O)ccc1OC(=O)c1ccncc1. The average Bonchev–Trinajstić information content (AvgIpc) is 3.15. The minimum atomic E-state index is -0.538. The second-order valence-corrected chi connectivity index (χ2v) is 6.74. The molecule has 0 unspecified atom stereocenters. The van der Waals surface area contributed by atoms with E-state index in [1.807, 2.05) is 31.2 Å². The molecule has 7 nitrogen and oxygen atoms in total. The number of nitrogens with zero attached hydrogens (tertiary/aromatic N) is 2. The predicted molar refractivity (Wildman–Crippen MR) is 114 cm³/mol. The third kappa shape index (κ3) is 4.51. The minimum Gasteiger partial charge on any atom is -0.493 e. The number of carbonyl (C=O) groups excluding carboxylic acids is 2. The summed E-state index contributed by atoms with van der Waals surface area (Å²) < 4.78 is 16.1. The molecular weight excluding hydrogens is 396 g/mol. The second kappa shape index (κ2) is 8.62. The summed E-state index contributed by atoms with van der Waals surface area (Å²) in [5.74, 6) is -0.215. The molecule has 0 saturated heterocycles. The fourth-order valence-electron chi connectivity index (χ4n) is 2.97. The second-order valence-electron chi connectivity index (χ2n) is 6.74. The van der Waals surface area contributed by atoms with Gasteiger partial charge in [-0.1, -0.05) is 23.8 Å². The number of aliphatic imine (C=N–C) groups is 1. The van der Waals surface area contributed by atoms with Crippen molar-refractivity contribution in [3.05, 3.63) is 94.9 Å². The Hall–Kier alpha value is -4.26. The molecule has 0 fully saturated rings. The fraction of sp³-hybridized carbons (Fsp3) is 0.0833. The molecule has 0 radical (unpaired) electrons. The molecule has 1 aromatic heterocycles. The van der Waals surface area contributed by atoms with Crippen molar-refractivity contribution in [2.45, 2.75) is 6.92 Å². The summed E-state index contributed by atoms with van der Waals surface area (Å²) in [4.78, 5) is 32.7. The monoisotopic (exact) mass is 414 g/mol. The normalized spacial score (nSPS) is 14.2. The fourth-order valence-corrected chi connectivity index (χ4v) is 2.97. The topological polar surface area (TPSA) is 87.1 Å². The lowest BCUT2D eigenvalue weighted by Crippen LogP contribution is -2.09. The number of ether oxygens (including phenoxy) is 3. The zero-order chi connectivity index (χ0) is 21.8. The summed E-state index contributed by atoms with van der Waals surface area (Å²) in [6, 6.07) is 15.6.